The van der Waals surface area contributed by atoms with Crippen LogP contribution in [0.3, 0.4) is 0 Å². The molecule has 0 radical (unpaired) electrons. The molecule has 8 nitrogen and oxygen atoms in total. The van der Waals surface area contributed by atoms with Crippen LogP contribution in [0.1, 0.15) is 25.2 Å². The van der Waals surface area contributed by atoms with Crippen molar-refractivity contribution < 1.29 is 27.9 Å². The van der Waals surface area contributed by atoms with Gasteiger partial charge in [-0.3, -0.25) is 4.79 Å². The lowest BCUT2D eigenvalue weighted by molar-refractivity contribution is -0.192. The van der Waals surface area contributed by atoms with Crippen molar-refractivity contribution in [3.05, 3.63) is 52.9 Å². The number of hydrogen-bond acceptors (Lipinski definition) is 6. The Labute approximate surface area is 181 Å². The molecule has 0 atom stereocenters. The summed E-state index contributed by atoms with van der Waals surface area (Å²) >= 11 is 6.13. The minimum absolute atomic E-state index is 0.00869. The Morgan fingerprint density at radius 3 is 2.42 bits per heavy atom. The lowest BCUT2D eigenvalue weighted by atomic mass is 10.1. The van der Waals surface area contributed by atoms with E-state index >= 15 is 0 Å². The fourth-order valence-corrected chi connectivity index (χ4v) is 2.18. The molecule has 0 spiro atoms. The van der Waals surface area contributed by atoms with Gasteiger partial charge in [0.05, 0.1) is 6.42 Å². The first-order chi connectivity index (χ1) is 14.5. The molecule has 31 heavy (non-hydrogen) atoms. The molecule has 0 fully saturated rings. The fourth-order valence-electron chi connectivity index (χ4n) is 1.98. The number of halogens is 4. The molecule has 2 aromatic rings. The number of aromatic nitrogens is 2. The highest BCUT2D eigenvalue weighted by Crippen LogP contribution is 2.18. The molecule has 166 valence electrons. The van der Waals surface area contributed by atoms with Gasteiger partial charge in [0.15, 0.2) is 5.82 Å². The minimum Gasteiger partial charge on any atom is -0.475 e. The van der Waals surface area contributed by atoms with E-state index in [1.807, 2.05) is 38.1 Å². The Balaban J connectivity index is 0.000000592. The number of carbonyl (C=O) groups is 2. The number of nitrogens with zero attached hydrogens (tertiary/aromatic N) is 4. The van der Waals surface area contributed by atoms with Crippen LogP contribution in [0.2, 0.25) is 5.02 Å². The Bertz CT molecular complexity index is 948. The SMILES string of the molecule is CC(C)CNN(C(=O)Cc1ccccc1Cl)c1ccnc(C#N)n1.O=C(O)C(F)(F)F. The summed E-state index contributed by atoms with van der Waals surface area (Å²) in [5.41, 5.74) is 3.80. The van der Waals surface area contributed by atoms with Gasteiger partial charge in [0.2, 0.25) is 11.7 Å². The molecule has 1 amide bonds. The van der Waals surface area contributed by atoms with Crippen LogP contribution < -0.4 is 10.4 Å². The van der Waals surface area contributed by atoms with Crippen LogP contribution in [0.15, 0.2) is 36.5 Å². The summed E-state index contributed by atoms with van der Waals surface area (Å²) in [6, 6.07) is 10.7. The second-order valence-electron chi connectivity index (χ2n) is 6.41. The Morgan fingerprint density at radius 2 is 1.90 bits per heavy atom. The van der Waals surface area contributed by atoms with E-state index in [0.717, 1.165) is 5.56 Å². The number of rotatable bonds is 6. The van der Waals surface area contributed by atoms with Crippen LogP contribution in [-0.4, -0.2) is 39.7 Å². The maximum Gasteiger partial charge on any atom is 0.490 e. The van der Waals surface area contributed by atoms with E-state index in [0.29, 0.717) is 23.3 Å². The van der Waals surface area contributed by atoms with Gasteiger partial charge in [-0.25, -0.2) is 20.2 Å². The maximum absolute atomic E-state index is 12.7. The van der Waals surface area contributed by atoms with Crippen LogP contribution in [-0.2, 0) is 16.0 Å². The molecule has 2 rings (SSSR count). The van der Waals surface area contributed by atoms with E-state index in [-0.39, 0.29) is 18.2 Å². The zero-order chi connectivity index (χ0) is 23.6. The van der Waals surface area contributed by atoms with Crippen molar-refractivity contribution in [2.45, 2.75) is 26.4 Å². The zero-order valence-corrected chi connectivity index (χ0v) is 17.3. The second kappa shape index (κ2) is 11.8. The number of hydrogen-bond donors (Lipinski definition) is 2. The Hall–Kier alpha value is -3.23. The molecule has 1 aromatic heterocycles. The standard InChI is InChI=1S/C17H18ClN5O.C2HF3O2/c1-12(2)11-21-23(16-7-8-20-15(10-19)22-16)17(24)9-13-5-3-4-6-14(13)18;3-2(4,5)1(6)7/h3-8,12,21H,9,11H2,1-2H3;(H,6,7). The van der Waals surface area contributed by atoms with Gasteiger partial charge in [-0.1, -0.05) is 43.6 Å². The van der Waals surface area contributed by atoms with Crippen molar-refractivity contribution in [2.75, 3.05) is 11.6 Å². The quantitative estimate of drug-likeness (QED) is 0.638. The second-order valence-corrected chi connectivity index (χ2v) is 6.81. The molecule has 0 aliphatic carbocycles. The van der Waals surface area contributed by atoms with Crippen LogP contribution in [0.5, 0.6) is 0 Å². The van der Waals surface area contributed by atoms with Gasteiger partial charge >= 0.3 is 12.1 Å². The van der Waals surface area contributed by atoms with Crippen molar-refractivity contribution in [1.29, 1.82) is 5.26 Å². The van der Waals surface area contributed by atoms with Gasteiger partial charge in [0.1, 0.15) is 6.07 Å². The van der Waals surface area contributed by atoms with Crippen molar-refractivity contribution >= 4 is 29.3 Å². The average Bonchev–Trinajstić information content (AvgIpc) is 2.69. The number of carboxylic acid groups (broad SMARTS) is 1. The van der Waals surface area contributed by atoms with Gasteiger partial charge in [-0.15, -0.1) is 0 Å². The first-order valence-electron chi connectivity index (χ1n) is 8.78. The van der Waals surface area contributed by atoms with Crippen molar-refractivity contribution in [1.82, 2.24) is 15.4 Å². The molecule has 0 saturated carbocycles. The van der Waals surface area contributed by atoms with Crippen LogP contribution in [0, 0.1) is 17.2 Å². The third-order valence-corrected chi connectivity index (χ3v) is 3.79. The molecule has 2 N–H and O–H groups in total. The predicted octanol–water partition coefficient (Wildman–Crippen LogP) is 3.37. The largest absolute Gasteiger partial charge is 0.490 e. The summed E-state index contributed by atoms with van der Waals surface area (Å²) in [4.78, 5) is 29.6. The van der Waals surface area contributed by atoms with E-state index in [9.17, 15) is 18.0 Å². The number of anilines is 1. The number of hydrazine groups is 1. The third kappa shape index (κ3) is 8.98. The molecule has 1 aromatic carbocycles. The summed E-state index contributed by atoms with van der Waals surface area (Å²) in [6.45, 7) is 4.65. The summed E-state index contributed by atoms with van der Waals surface area (Å²) in [7, 11) is 0. The molecule has 0 aliphatic heterocycles. The topological polar surface area (TPSA) is 119 Å². The highest BCUT2D eigenvalue weighted by atomic mass is 35.5. The van der Waals surface area contributed by atoms with Crippen LogP contribution in [0.4, 0.5) is 19.0 Å². The minimum atomic E-state index is -5.08. The Morgan fingerprint density at radius 1 is 1.29 bits per heavy atom. The smallest absolute Gasteiger partial charge is 0.475 e. The van der Waals surface area contributed by atoms with Crippen LogP contribution in [0.25, 0.3) is 0 Å². The van der Waals surface area contributed by atoms with Gasteiger partial charge in [-0.2, -0.15) is 23.4 Å². The van der Waals surface area contributed by atoms with Gasteiger partial charge in [0.25, 0.3) is 0 Å². The third-order valence-electron chi connectivity index (χ3n) is 3.42. The summed E-state index contributed by atoms with van der Waals surface area (Å²) in [6.07, 6.45) is -3.51. The Kier molecular flexibility index (Phi) is 9.85. The molecule has 1 heterocycles. The normalized spacial score (nSPS) is 10.6. The number of nitrogens with one attached hydrogen (secondary N) is 1. The molecule has 0 unspecified atom stereocenters. The van der Waals surface area contributed by atoms with Crippen molar-refractivity contribution in [3.63, 3.8) is 0 Å². The highest BCUT2D eigenvalue weighted by Gasteiger charge is 2.38. The molecule has 0 bridgehead atoms. The van der Waals surface area contributed by atoms with E-state index in [1.165, 1.54) is 11.2 Å². The molecular formula is C19H19ClF3N5O3. The monoisotopic (exact) mass is 457 g/mol. The number of nitriles is 1. The molecule has 12 heteroatoms. The highest BCUT2D eigenvalue weighted by molar-refractivity contribution is 6.31. The van der Waals surface area contributed by atoms with Crippen LogP contribution >= 0.6 is 11.6 Å². The predicted molar refractivity (Wildman–Crippen MR) is 106 cm³/mol. The first kappa shape index (κ1) is 25.8. The van der Waals surface area contributed by atoms with Gasteiger partial charge < -0.3 is 5.11 Å². The fraction of sp³-hybridized carbons (Fsp3) is 0.316. The summed E-state index contributed by atoms with van der Waals surface area (Å²) in [5, 5.41) is 18.0. The van der Waals surface area contributed by atoms with E-state index < -0.39 is 12.1 Å². The van der Waals surface area contributed by atoms with E-state index in [4.69, 9.17) is 26.8 Å². The lowest BCUT2D eigenvalue weighted by Gasteiger charge is -2.23. The number of benzene rings is 1. The number of alkyl halides is 3. The van der Waals surface area contributed by atoms with Gasteiger partial charge in [0, 0.05) is 23.8 Å². The maximum atomic E-state index is 12.7. The number of carboxylic acids is 1. The first-order valence-corrected chi connectivity index (χ1v) is 9.16. The summed E-state index contributed by atoms with van der Waals surface area (Å²) in [5.74, 6) is -2.30. The zero-order valence-electron chi connectivity index (χ0n) is 16.5. The van der Waals surface area contributed by atoms with Gasteiger partial charge in [-0.05, 0) is 17.5 Å². The van der Waals surface area contributed by atoms with E-state index in [2.05, 4.69) is 15.4 Å². The number of carbonyl (C=O) groups excluding carboxylic acids is 1. The summed E-state index contributed by atoms with van der Waals surface area (Å²) < 4.78 is 31.7. The average molecular weight is 458 g/mol. The van der Waals surface area contributed by atoms with Crippen molar-refractivity contribution in [3.8, 4) is 6.07 Å². The number of aliphatic carboxylic acids is 1. The molecule has 0 saturated heterocycles. The lowest BCUT2D eigenvalue weighted by Crippen LogP contribution is -2.46. The van der Waals surface area contributed by atoms with E-state index in [1.54, 1.807) is 12.1 Å². The molecular weight excluding hydrogens is 439 g/mol. The molecule has 0 aliphatic rings. The number of amides is 1. The van der Waals surface area contributed by atoms with Crippen molar-refractivity contribution in [2.24, 2.45) is 5.92 Å².